The van der Waals surface area contributed by atoms with Crippen molar-refractivity contribution >= 4 is 17.2 Å². The van der Waals surface area contributed by atoms with Crippen LogP contribution in [0.15, 0.2) is 10.9 Å². The van der Waals surface area contributed by atoms with Gasteiger partial charge < -0.3 is 5.32 Å². The Balaban J connectivity index is 2.18. The fraction of sp³-hybridized carbons (Fsp3) is 0.556. The van der Waals surface area contributed by atoms with Crippen LogP contribution in [0.1, 0.15) is 19.5 Å². The molecule has 0 fully saturated rings. The molecule has 1 rings (SSSR count). The third kappa shape index (κ3) is 3.55. The normalized spacial score (nSPS) is 10.4. The topological polar surface area (TPSA) is 42.0 Å². The van der Waals surface area contributed by atoms with Crippen molar-refractivity contribution in [1.29, 1.82) is 0 Å². The Morgan fingerprint density at radius 1 is 1.69 bits per heavy atom. The van der Waals surface area contributed by atoms with Crippen LogP contribution in [0.4, 0.5) is 0 Å². The van der Waals surface area contributed by atoms with Crippen LogP contribution in [0.25, 0.3) is 0 Å². The Hall–Kier alpha value is -0.900. The second kappa shape index (κ2) is 4.97. The molecule has 0 saturated carbocycles. The summed E-state index contributed by atoms with van der Waals surface area (Å²) < 4.78 is 0. The maximum Gasteiger partial charge on any atom is 0.222 e. The summed E-state index contributed by atoms with van der Waals surface area (Å²) in [6.45, 7) is 4.46. The van der Waals surface area contributed by atoms with Gasteiger partial charge in [-0.05, 0) is 0 Å². The Morgan fingerprint density at radius 3 is 3.00 bits per heavy atom. The summed E-state index contributed by atoms with van der Waals surface area (Å²) in [5, 5.41) is 4.85. The summed E-state index contributed by atoms with van der Waals surface area (Å²) in [4.78, 5) is 15.3. The van der Waals surface area contributed by atoms with Crippen molar-refractivity contribution in [3.63, 3.8) is 0 Å². The van der Waals surface area contributed by atoms with E-state index in [1.807, 2.05) is 19.2 Å². The molecule has 0 saturated heterocycles. The van der Waals surface area contributed by atoms with E-state index >= 15 is 0 Å². The van der Waals surface area contributed by atoms with E-state index in [1.165, 1.54) is 0 Å². The molecule has 0 unspecified atom stereocenters. The van der Waals surface area contributed by atoms with E-state index in [1.54, 1.807) is 16.8 Å². The van der Waals surface area contributed by atoms with E-state index < -0.39 is 0 Å². The fourth-order valence-corrected chi connectivity index (χ4v) is 1.47. The molecular weight excluding hydrogens is 184 g/mol. The summed E-state index contributed by atoms with van der Waals surface area (Å²) in [7, 11) is 0. The van der Waals surface area contributed by atoms with Crippen LogP contribution in [0.3, 0.4) is 0 Å². The lowest BCUT2D eigenvalue weighted by Crippen LogP contribution is -2.29. The van der Waals surface area contributed by atoms with Gasteiger partial charge in [-0.2, -0.15) is 0 Å². The summed E-state index contributed by atoms with van der Waals surface area (Å²) in [6, 6.07) is 0. The summed E-state index contributed by atoms with van der Waals surface area (Å²) in [5.41, 5.74) is 2.86. The number of nitrogens with zero attached hydrogens (tertiary/aromatic N) is 1. The monoisotopic (exact) mass is 198 g/mol. The van der Waals surface area contributed by atoms with Gasteiger partial charge in [0, 0.05) is 24.3 Å². The Bertz CT molecular complexity index is 257. The van der Waals surface area contributed by atoms with Crippen LogP contribution in [-0.2, 0) is 11.2 Å². The van der Waals surface area contributed by atoms with Crippen LogP contribution in [0.5, 0.6) is 0 Å². The van der Waals surface area contributed by atoms with Crippen LogP contribution < -0.4 is 5.32 Å². The lowest BCUT2D eigenvalue weighted by atomic mass is 10.2. The molecule has 0 aliphatic rings. The van der Waals surface area contributed by atoms with Crippen molar-refractivity contribution in [1.82, 2.24) is 10.3 Å². The number of amides is 1. The molecule has 4 heteroatoms. The molecule has 1 aromatic rings. The van der Waals surface area contributed by atoms with Crippen LogP contribution in [0, 0.1) is 5.92 Å². The average molecular weight is 198 g/mol. The molecule has 1 heterocycles. The second-order valence-electron chi connectivity index (χ2n) is 3.18. The van der Waals surface area contributed by atoms with Gasteiger partial charge in [-0.25, -0.2) is 4.98 Å². The van der Waals surface area contributed by atoms with Crippen molar-refractivity contribution in [3.05, 3.63) is 16.6 Å². The number of carbonyl (C=O) groups is 1. The number of aromatic nitrogens is 1. The summed E-state index contributed by atoms with van der Waals surface area (Å²) in [5.74, 6) is 0.172. The summed E-state index contributed by atoms with van der Waals surface area (Å²) in [6.07, 6.45) is 0.821. The van der Waals surface area contributed by atoms with Crippen LogP contribution in [-0.4, -0.2) is 17.4 Å². The molecule has 0 aromatic carbocycles. The maximum atomic E-state index is 11.1. The zero-order valence-corrected chi connectivity index (χ0v) is 8.73. The number of rotatable bonds is 4. The fourth-order valence-electron chi connectivity index (χ4n) is 0.879. The van der Waals surface area contributed by atoms with Crippen molar-refractivity contribution in [3.8, 4) is 0 Å². The Morgan fingerprint density at radius 2 is 2.46 bits per heavy atom. The molecule has 3 nitrogen and oxygen atoms in total. The average Bonchev–Trinajstić information content (AvgIpc) is 2.56. The molecule has 0 aliphatic heterocycles. The quantitative estimate of drug-likeness (QED) is 0.795. The van der Waals surface area contributed by atoms with Gasteiger partial charge in [0.1, 0.15) is 0 Å². The highest BCUT2D eigenvalue weighted by molar-refractivity contribution is 7.07. The molecule has 1 N–H and O–H groups in total. The van der Waals surface area contributed by atoms with Gasteiger partial charge >= 0.3 is 0 Å². The minimum absolute atomic E-state index is 0.0652. The maximum absolute atomic E-state index is 11.1. The van der Waals surface area contributed by atoms with E-state index in [9.17, 15) is 4.79 Å². The molecule has 1 amide bonds. The summed E-state index contributed by atoms with van der Waals surface area (Å²) >= 11 is 1.58. The first kappa shape index (κ1) is 10.2. The molecule has 0 atom stereocenters. The predicted molar refractivity (Wildman–Crippen MR) is 53.7 cm³/mol. The standard InChI is InChI=1S/C9H14N2OS/c1-7(2)9(12)10-4-3-8-5-13-6-11-8/h5-7H,3-4H2,1-2H3,(H,10,12). The number of hydrogen-bond donors (Lipinski definition) is 1. The highest BCUT2D eigenvalue weighted by atomic mass is 32.1. The van der Waals surface area contributed by atoms with Gasteiger partial charge in [0.2, 0.25) is 5.91 Å². The van der Waals surface area contributed by atoms with Gasteiger partial charge in [0.05, 0.1) is 11.2 Å². The number of nitrogens with one attached hydrogen (secondary N) is 1. The van der Waals surface area contributed by atoms with Crippen molar-refractivity contribution in [2.75, 3.05) is 6.54 Å². The smallest absolute Gasteiger partial charge is 0.222 e. The highest BCUT2D eigenvalue weighted by Gasteiger charge is 2.05. The lowest BCUT2D eigenvalue weighted by Gasteiger charge is -2.05. The van der Waals surface area contributed by atoms with Gasteiger partial charge in [0.15, 0.2) is 0 Å². The van der Waals surface area contributed by atoms with E-state index in [-0.39, 0.29) is 11.8 Å². The van der Waals surface area contributed by atoms with Crippen molar-refractivity contribution in [2.45, 2.75) is 20.3 Å². The lowest BCUT2D eigenvalue weighted by molar-refractivity contribution is -0.123. The molecule has 0 radical (unpaired) electrons. The molecular formula is C9H14N2OS. The molecule has 0 bridgehead atoms. The second-order valence-corrected chi connectivity index (χ2v) is 3.89. The minimum Gasteiger partial charge on any atom is -0.355 e. The van der Waals surface area contributed by atoms with E-state index in [0.29, 0.717) is 6.54 Å². The van der Waals surface area contributed by atoms with Gasteiger partial charge in [-0.3, -0.25) is 4.79 Å². The largest absolute Gasteiger partial charge is 0.355 e. The molecule has 1 aromatic heterocycles. The SMILES string of the molecule is CC(C)C(=O)NCCc1cscn1. The van der Waals surface area contributed by atoms with E-state index in [0.717, 1.165) is 12.1 Å². The third-order valence-corrected chi connectivity index (χ3v) is 2.32. The molecule has 72 valence electrons. The van der Waals surface area contributed by atoms with Crippen LogP contribution >= 0.6 is 11.3 Å². The van der Waals surface area contributed by atoms with Crippen molar-refractivity contribution < 1.29 is 4.79 Å². The van der Waals surface area contributed by atoms with Gasteiger partial charge in [-0.1, -0.05) is 13.8 Å². The number of carbonyl (C=O) groups excluding carboxylic acids is 1. The minimum atomic E-state index is 0.0652. The first-order valence-corrected chi connectivity index (χ1v) is 5.29. The first-order chi connectivity index (χ1) is 6.20. The molecule has 0 spiro atoms. The number of hydrogen-bond acceptors (Lipinski definition) is 3. The third-order valence-electron chi connectivity index (χ3n) is 1.69. The zero-order chi connectivity index (χ0) is 9.68. The molecule has 13 heavy (non-hydrogen) atoms. The number of thiazole rings is 1. The van der Waals surface area contributed by atoms with Gasteiger partial charge in [-0.15, -0.1) is 11.3 Å². The van der Waals surface area contributed by atoms with Gasteiger partial charge in [0.25, 0.3) is 0 Å². The molecule has 0 aliphatic carbocycles. The predicted octanol–water partition coefficient (Wildman–Crippen LogP) is 1.46. The van der Waals surface area contributed by atoms with Crippen LogP contribution in [0.2, 0.25) is 0 Å². The van der Waals surface area contributed by atoms with Crippen molar-refractivity contribution in [2.24, 2.45) is 5.92 Å². The first-order valence-electron chi connectivity index (χ1n) is 4.35. The Kier molecular flexibility index (Phi) is 3.89. The van der Waals surface area contributed by atoms with E-state index in [4.69, 9.17) is 0 Å². The highest BCUT2D eigenvalue weighted by Crippen LogP contribution is 2.00. The van der Waals surface area contributed by atoms with E-state index in [2.05, 4.69) is 10.3 Å². The zero-order valence-electron chi connectivity index (χ0n) is 7.91. The Labute approximate surface area is 82.2 Å².